The summed E-state index contributed by atoms with van der Waals surface area (Å²) in [5.74, 6) is 2.80. The van der Waals surface area contributed by atoms with Gasteiger partial charge in [-0.25, -0.2) is 4.99 Å². The molecule has 2 atom stereocenters. The summed E-state index contributed by atoms with van der Waals surface area (Å²) in [6, 6.07) is 20.3. The molecule has 9 nitrogen and oxygen atoms in total. The third-order valence-corrected chi connectivity index (χ3v) is 7.05. The third kappa shape index (κ3) is 6.86. The van der Waals surface area contributed by atoms with Crippen molar-refractivity contribution in [3.63, 3.8) is 0 Å². The van der Waals surface area contributed by atoms with Gasteiger partial charge in [0.1, 0.15) is 23.0 Å². The summed E-state index contributed by atoms with van der Waals surface area (Å²) < 4.78 is 28.4. The van der Waals surface area contributed by atoms with Crippen LogP contribution in [-0.4, -0.2) is 63.5 Å². The minimum absolute atomic E-state index is 0.0644. The summed E-state index contributed by atoms with van der Waals surface area (Å²) in [4.78, 5) is 19.0. The minimum atomic E-state index is -1.31. The van der Waals surface area contributed by atoms with Gasteiger partial charge in [-0.2, -0.15) is 0 Å². The Morgan fingerprint density at radius 1 is 1.02 bits per heavy atom. The van der Waals surface area contributed by atoms with Crippen molar-refractivity contribution in [2.24, 2.45) is 4.99 Å². The fourth-order valence-electron chi connectivity index (χ4n) is 4.88. The number of nitrogens with one attached hydrogen (secondary N) is 1. The maximum Gasteiger partial charge on any atom is 0.252 e. The molecule has 1 aliphatic rings. The van der Waals surface area contributed by atoms with E-state index in [2.05, 4.69) is 11.9 Å². The molecule has 0 saturated carbocycles. The Morgan fingerprint density at radius 3 is 2.45 bits per heavy atom. The zero-order chi connectivity index (χ0) is 30.0. The van der Waals surface area contributed by atoms with Crippen molar-refractivity contribution in [2.75, 3.05) is 41.1 Å². The Balaban J connectivity index is 1.64. The summed E-state index contributed by atoms with van der Waals surface area (Å²) in [6.07, 6.45) is 2.27. The number of rotatable bonds is 15. The molecule has 9 heteroatoms. The van der Waals surface area contributed by atoms with Crippen LogP contribution in [0, 0.1) is 0 Å². The average molecular weight is 575 g/mol. The molecule has 0 radical (unpaired) electrons. The smallest absolute Gasteiger partial charge is 0.252 e. The average Bonchev–Trinajstić information content (AvgIpc) is 3.42. The summed E-state index contributed by atoms with van der Waals surface area (Å²) in [5.41, 5.74) is 1.06. The van der Waals surface area contributed by atoms with Crippen molar-refractivity contribution in [1.82, 2.24) is 5.32 Å². The van der Waals surface area contributed by atoms with Gasteiger partial charge in [-0.05, 0) is 72.1 Å². The molecule has 3 aromatic carbocycles. The molecule has 0 aromatic heterocycles. The number of benzene rings is 3. The Labute approximate surface area is 246 Å². The van der Waals surface area contributed by atoms with E-state index in [0.29, 0.717) is 60.5 Å². The first-order valence-corrected chi connectivity index (χ1v) is 13.8. The fourth-order valence-corrected chi connectivity index (χ4v) is 4.88. The topological polar surface area (TPSA) is 108 Å². The van der Waals surface area contributed by atoms with Crippen molar-refractivity contribution in [3.05, 3.63) is 96.1 Å². The lowest BCUT2D eigenvalue weighted by Gasteiger charge is -2.30. The van der Waals surface area contributed by atoms with Crippen molar-refractivity contribution in [1.29, 1.82) is 0 Å². The Hall–Kier alpha value is -4.50. The van der Waals surface area contributed by atoms with Crippen molar-refractivity contribution < 1.29 is 33.6 Å². The Bertz CT molecular complexity index is 1390. The first-order chi connectivity index (χ1) is 20.5. The molecule has 0 saturated heterocycles. The number of hydrogen-bond acceptors (Lipinski definition) is 8. The summed E-state index contributed by atoms with van der Waals surface area (Å²) in [5, 5.41) is 12.1. The lowest BCUT2D eigenvalue weighted by Crippen LogP contribution is -2.48. The number of amides is 1. The number of aliphatic imine (C=N–C) groups is 1. The molecule has 0 bridgehead atoms. The molecule has 1 heterocycles. The molecular formula is C33H38N2O7. The molecule has 0 unspecified atom stereocenters. The highest BCUT2D eigenvalue weighted by molar-refractivity contribution is 6.01. The summed E-state index contributed by atoms with van der Waals surface area (Å²) >= 11 is 0. The monoisotopic (exact) mass is 574 g/mol. The SMILES string of the molecule is C=CC[C@@]1(C(=O)NCCc2cc(OC)ccc2OC)N=C(c2ccc(OCCCO)cc2)O[C@@H]1c1cccc(OC)c1. The molecule has 4 rings (SSSR count). The van der Waals surface area contributed by atoms with Crippen LogP contribution in [0.2, 0.25) is 0 Å². The highest BCUT2D eigenvalue weighted by Gasteiger charge is 2.52. The lowest BCUT2D eigenvalue weighted by molar-refractivity contribution is -0.128. The first-order valence-electron chi connectivity index (χ1n) is 13.8. The maximum absolute atomic E-state index is 14.1. The van der Waals surface area contributed by atoms with Crippen LogP contribution in [-0.2, 0) is 16.0 Å². The number of methoxy groups -OCH3 is 3. The largest absolute Gasteiger partial charge is 0.497 e. The first kappa shape index (κ1) is 30.5. The van der Waals surface area contributed by atoms with Crippen molar-refractivity contribution in [2.45, 2.75) is 30.9 Å². The molecule has 2 N–H and O–H groups in total. The lowest BCUT2D eigenvalue weighted by atomic mass is 9.84. The standard InChI is InChI=1S/C33H38N2O7/c1-5-17-33(32(37)34-18-16-24-21-28(39-3)14-15-29(24)40-4)30(25-8-6-9-27(22-25)38-2)42-31(35-33)23-10-12-26(13-11-23)41-20-7-19-36/h5-6,8-15,21-22,30,36H,1,7,16-20H2,2-4H3,(H,34,37)/t30-,33-/m1/s1. The molecule has 1 aliphatic heterocycles. The number of ether oxygens (including phenoxy) is 5. The van der Waals surface area contributed by atoms with Gasteiger partial charge in [-0.1, -0.05) is 18.2 Å². The van der Waals surface area contributed by atoms with Crippen molar-refractivity contribution in [3.8, 4) is 23.0 Å². The van der Waals surface area contributed by atoms with Crippen LogP contribution >= 0.6 is 0 Å². The number of aliphatic hydroxyl groups excluding tert-OH is 1. The van der Waals surface area contributed by atoms with Crippen molar-refractivity contribution >= 4 is 11.8 Å². The van der Waals surface area contributed by atoms with E-state index in [4.69, 9.17) is 33.8 Å². The zero-order valence-corrected chi connectivity index (χ0v) is 24.3. The molecule has 0 fully saturated rings. The van der Waals surface area contributed by atoms with E-state index in [0.717, 1.165) is 11.1 Å². The predicted octanol–water partition coefficient (Wildman–Crippen LogP) is 4.67. The van der Waals surface area contributed by atoms with Crippen LogP contribution < -0.4 is 24.3 Å². The highest BCUT2D eigenvalue weighted by Crippen LogP contribution is 2.43. The summed E-state index contributed by atoms with van der Waals surface area (Å²) in [6.45, 7) is 4.75. The van der Waals surface area contributed by atoms with Crippen LogP contribution in [0.15, 0.2) is 84.4 Å². The predicted molar refractivity (Wildman–Crippen MR) is 161 cm³/mol. The minimum Gasteiger partial charge on any atom is -0.497 e. The quantitative estimate of drug-likeness (QED) is 0.201. The van der Waals surface area contributed by atoms with Crippen LogP contribution in [0.3, 0.4) is 0 Å². The Morgan fingerprint density at radius 2 is 1.76 bits per heavy atom. The van der Waals surface area contributed by atoms with Crippen LogP contribution in [0.25, 0.3) is 0 Å². The number of hydrogen-bond donors (Lipinski definition) is 2. The van der Waals surface area contributed by atoms with Gasteiger partial charge in [0.25, 0.3) is 5.91 Å². The van der Waals surface area contributed by atoms with Crippen LogP contribution in [0.1, 0.15) is 35.6 Å². The van der Waals surface area contributed by atoms with E-state index in [-0.39, 0.29) is 18.9 Å². The van der Waals surface area contributed by atoms with Gasteiger partial charge in [0.2, 0.25) is 5.90 Å². The molecule has 0 aliphatic carbocycles. The number of nitrogens with zero attached hydrogens (tertiary/aromatic N) is 1. The van der Waals surface area contributed by atoms with Crippen LogP contribution in [0.4, 0.5) is 0 Å². The van der Waals surface area contributed by atoms with E-state index in [1.165, 1.54) is 0 Å². The second kappa shape index (κ2) is 14.4. The van der Waals surface area contributed by atoms with Gasteiger partial charge in [0.15, 0.2) is 11.6 Å². The number of carbonyl (C=O) groups excluding carboxylic acids is 1. The van der Waals surface area contributed by atoms with Gasteiger partial charge in [0, 0.05) is 31.6 Å². The second-order valence-corrected chi connectivity index (χ2v) is 9.74. The van der Waals surface area contributed by atoms with Crippen LogP contribution in [0.5, 0.6) is 23.0 Å². The van der Waals surface area contributed by atoms with E-state index in [1.807, 2.05) is 66.7 Å². The molecule has 1 amide bonds. The zero-order valence-electron chi connectivity index (χ0n) is 24.3. The van der Waals surface area contributed by atoms with E-state index in [1.54, 1.807) is 27.4 Å². The van der Waals surface area contributed by atoms with E-state index < -0.39 is 11.6 Å². The van der Waals surface area contributed by atoms with Gasteiger partial charge in [-0.3, -0.25) is 4.79 Å². The fraction of sp³-hybridized carbons (Fsp3) is 0.333. The third-order valence-electron chi connectivity index (χ3n) is 7.05. The molecule has 3 aromatic rings. The molecule has 42 heavy (non-hydrogen) atoms. The van der Waals surface area contributed by atoms with E-state index in [9.17, 15) is 4.79 Å². The number of carbonyl (C=O) groups is 1. The normalized spacial score (nSPS) is 17.5. The van der Waals surface area contributed by atoms with Gasteiger partial charge in [-0.15, -0.1) is 6.58 Å². The second-order valence-electron chi connectivity index (χ2n) is 9.74. The molecular weight excluding hydrogens is 536 g/mol. The number of aliphatic hydroxyl groups is 1. The molecule has 222 valence electrons. The molecule has 0 spiro atoms. The van der Waals surface area contributed by atoms with Gasteiger partial charge < -0.3 is 34.1 Å². The summed E-state index contributed by atoms with van der Waals surface area (Å²) in [7, 11) is 4.82. The van der Waals surface area contributed by atoms with E-state index >= 15 is 0 Å². The maximum atomic E-state index is 14.1. The Kier molecular flexibility index (Phi) is 10.4. The van der Waals surface area contributed by atoms with Gasteiger partial charge in [0.05, 0.1) is 27.9 Å². The van der Waals surface area contributed by atoms with Gasteiger partial charge >= 0.3 is 0 Å². The highest BCUT2D eigenvalue weighted by atomic mass is 16.5.